The second-order valence-electron chi connectivity index (χ2n) is 2.92. The molecule has 0 heterocycles. The van der Waals surface area contributed by atoms with Crippen LogP contribution in [0.15, 0.2) is 0 Å². The molecule has 3 N–H and O–H groups in total. The SMILES string of the molecule is CC#CCCC(NN)C(CC)OC. The van der Waals surface area contributed by atoms with E-state index in [1.807, 2.05) is 6.92 Å². The van der Waals surface area contributed by atoms with Gasteiger partial charge in [0.1, 0.15) is 0 Å². The van der Waals surface area contributed by atoms with E-state index < -0.39 is 0 Å². The maximum Gasteiger partial charge on any atom is 0.0735 e. The molecule has 0 saturated heterocycles. The summed E-state index contributed by atoms with van der Waals surface area (Å²) in [5, 5.41) is 0. The van der Waals surface area contributed by atoms with Crippen molar-refractivity contribution in [1.29, 1.82) is 0 Å². The van der Waals surface area contributed by atoms with E-state index in [-0.39, 0.29) is 12.1 Å². The molecule has 0 radical (unpaired) electrons. The zero-order valence-electron chi connectivity index (χ0n) is 8.76. The summed E-state index contributed by atoms with van der Waals surface area (Å²) in [5.41, 5.74) is 2.77. The van der Waals surface area contributed by atoms with Gasteiger partial charge in [-0.3, -0.25) is 11.3 Å². The predicted molar refractivity (Wildman–Crippen MR) is 54.9 cm³/mol. The summed E-state index contributed by atoms with van der Waals surface area (Å²) < 4.78 is 5.29. The first-order valence-corrected chi connectivity index (χ1v) is 4.68. The molecule has 0 aromatic carbocycles. The highest BCUT2D eigenvalue weighted by molar-refractivity contribution is 4.96. The molecule has 0 aliphatic heterocycles. The van der Waals surface area contributed by atoms with Gasteiger partial charge in [-0.25, -0.2) is 0 Å². The second-order valence-corrected chi connectivity index (χ2v) is 2.92. The lowest BCUT2D eigenvalue weighted by atomic mass is 10.0. The molecule has 0 bridgehead atoms. The molecule has 0 aromatic rings. The van der Waals surface area contributed by atoms with Gasteiger partial charge in [0.25, 0.3) is 0 Å². The maximum absolute atomic E-state index is 5.43. The fourth-order valence-electron chi connectivity index (χ4n) is 1.34. The predicted octanol–water partition coefficient (Wildman–Crippen LogP) is 1.05. The van der Waals surface area contributed by atoms with E-state index in [2.05, 4.69) is 24.2 Å². The van der Waals surface area contributed by atoms with Crippen molar-refractivity contribution >= 4 is 0 Å². The van der Waals surface area contributed by atoms with Crippen molar-refractivity contribution in [3.63, 3.8) is 0 Å². The van der Waals surface area contributed by atoms with E-state index in [1.54, 1.807) is 7.11 Å². The third kappa shape index (κ3) is 4.89. The molecule has 3 nitrogen and oxygen atoms in total. The van der Waals surface area contributed by atoms with Crippen molar-refractivity contribution < 1.29 is 4.74 Å². The van der Waals surface area contributed by atoms with Gasteiger partial charge in [-0.1, -0.05) is 6.92 Å². The fourth-order valence-corrected chi connectivity index (χ4v) is 1.34. The van der Waals surface area contributed by atoms with E-state index in [4.69, 9.17) is 10.6 Å². The number of rotatable bonds is 6. The van der Waals surface area contributed by atoms with Crippen LogP contribution in [-0.2, 0) is 4.74 Å². The Labute approximate surface area is 81.0 Å². The summed E-state index contributed by atoms with van der Waals surface area (Å²) in [6.45, 7) is 3.93. The molecule has 0 saturated carbocycles. The number of hydrazine groups is 1. The van der Waals surface area contributed by atoms with Crippen LogP contribution in [0.1, 0.15) is 33.1 Å². The summed E-state index contributed by atoms with van der Waals surface area (Å²) in [7, 11) is 1.71. The van der Waals surface area contributed by atoms with Crippen LogP contribution in [-0.4, -0.2) is 19.3 Å². The fraction of sp³-hybridized carbons (Fsp3) is 0.800. The Kier molecular flexibility index (Phi) is 7.71. The Bertz CT molecular complexity index is 167. The van der Waals surface area contributed by atoms with Gasteiger partial charge < -0.3 is 4.74 Å². The van der Waals surface area contributed by atoms with Crippen molar-refractivity contribution in [2.75, 3.05) is 7.11 Å². The van der Waals surface area contributed by atoms with E-state index in [1.165, 1.54) is 0 Å². The lowest BCUT2D eigenvalue weighted by molar-refractivity contribution is 0.0630. The summed E-state index contributed by atoms with van der Waals surface area (Å²) in [5.74, 6) is 11.3. The van der Waals surface area contributed by atoms with E-state index in [9.17, 15) is 0 Å². The highest BCUT2D eigenvalue weighted by atomic mass is 16.5. The quantitative estimate of drug-likeness (QED) is 0.368. The Balaban J connectivity index is 3.89. The molecule has 0 spiro atoms. The lowest BCUT2D eigenvalue weighted by Crippen LogP contribution is -2.44. The van der Waals surface area contributed by atoms with Gasteiger partial charge in [0.05, 0.1) is 6.10 Å². The smallest absolute Gasteiger partial charge is 0.0735 e. The van der Waals surface area contributed by atoms with Crippen LogP contribution >= 0.6 is 0 Å². The first-order chi connectivity index (χ1) is 6.29. The Morgan fingerprint density at radius 2 is 2.23 bits per heavy atom. The summed E-state index contributed by atoms with van der Waals surface area (Å²) in [6, 6.07) is 0.204. The highest BCUT2D eigenvalue weighted by Crippen LogP contribution is 2.07. The van der Waals surface area contributed by atoms with Gasteiger partial charge in [-0.15, -0.1) is 11.8 Å². The van der Waals surface area contributed by atoms with E-state index in [0.717, 1.165) is 19.3 Å². The van der Waals surface area contributed by atoms with Crippen LogP contribution in [0.4, 0.5) is 0 Å². The van der Waals surface area contributed by atoms with Crippen molar-refractivity contribution in [3.05, 3.63) is 0 Å². The van der Waals surface area contributed by atoms with Crippen LogP contribution in [0, 0.1) is 11.8 Å². The van der Waals surface area contributed by atoms with Gasteiger partial charge in [0.2, 0.25) is 0 Å². The molecule has 2 atom stereocenters. The minimum absolute atomic E-state index is 0.184. The van der Waals surface area contributed by atoms with Crippen molar-refractivity contribution in [1.82, 2.24) is 5.43 Å². The molecular weight excluding hydrogens is 164 g/mol. The van der Waals surface area contributed by atoms with E-state index in [0.29, 0.717) is 0 Å². The van der Waals surface area contributed by atoms with Gasteiger partial charge in [-0.05, 0) is 19.8 Å². The highest BCUT2D eigenvalue weighted by Gasteiger charge is 2.16. The van der Waals surface area contributed by atoms with Crippen molar-refractivity contribution in [2.24, 2.45) is 5.84 Å². The number of hydrogen-bond donors (Lipinski definition) is 2. The van der Waals surface area contributed by atoms with Gasteiger partial charge in [0, 0.05) is 19.6 Å². The number of methoxy groups -OCH3 is 1. The molecule has 2 unspecified atom stereocenters. The number of ether oxygens (including phenoxy) is 1. The number of nitrogens with one attached hydrogen (secondary N) is 1. The molecule has 0 amide bonds. The molecule has 0 aliphatic carbocycles. The normalized spacial score (nSPS) is 14.5. The van der Waals surface area contributed by atoms with Crippen LogP contribution < -0.4 is 11.3 Å². The molecule has 0 fully saturated rings. The average Bonchev–Trinajstić information content (AvgIpc) is 2.17. The van der Waals surface area contributed by atoms with Crippen molar-refractivity contribution in [2.45, 2.75) is 45.3 Å². The molecular formula is C10H20N2O. The van der Waals surface area contributed by atoms with Gasteiger partial charge in [0.15, 0.2) is 0 Å². The summed E-state index contributed by atoms with van der Waals surface area (Å²) >= 11 is 0. The zero-order chi connectivity index (χ0) is 10.1. The van der Waals surface area contributed by atoms with Crippen LogP contribution in [0.2, 0.25) is 0 Å². The van der Waals surface area contributed by atoms with Gasteiger partial charge >= 0.3 is 0 Å². The van der Waals surface area contributed by atoms with E-state index >= 15 is 0 Å². The summed E-state index contributed by atoms with van der Waals surface area (Å²) in [4.78, 5) is 0. The largest absolute Gasteiger partial charge is 0.380 e. The number of nitrogens with two attached hydrogens (primary N) is 1. The number of hydrogen-bond acceptors (Lipinski definition) is 3. The second kappa shape index (κ2) is 8.06. The van der Waals surface area contributed by atoms with Gasteiger partial charge in [-0.2, -0.15) is 0 Å². The molecule has 13 heavy (non-hydrogen) atoms. The minimum atomic E-state index is 0.184. The zero-order valence-corrected chi connectivity index (χ0v) is 8.76. The Morgan fingerprint density at radius 3 is 2.62 bits per heavy atom. The molecule has 3 heteroatoms. The monoisotopic (exact) mass is 184 g/mol. The standard InChI is InChI=1S/C10H20N2O/c1-4-6-7-8-9(12-11)10(5-2)13-3/h9-10,12H,5,7-8,11H2,1-3H3. The van der Waals surface area contributed by atoms with Crippen LogP contribution in [0.25, 0.3) is 0 Å². The lowest BCUT2D eigenvalue weighted by Gasteiger charge is -2.23. The first kappa shape index (κ1) is 12.4. The maximum atomic E-state index is 5.43. The topological polar surface area (TPSA) is 47.3 Å². The molecule has 0 aliphatic rings. The Hall–Kier alpha value is -0.560. The minimum Gasteiger partial charge on any atom is -0.380 e. The molecule has 0 rings (SSSR count). The third-order valence-corrected chi connectivity index (χ3v) is 2.13. The third-order valence-electron chi connectivity index (χ3n) is 2.13. The van der Waals surface area contributed by atoms with Crippen LogP contribution in [0.3, 0.4) is 0 Å². The Morgan fingerprint density at radius 1 is 1.54 bits per heavy atom. The molecule has 0 aromatic heterocycles. The van der Waals surface area contributed by atoms with Crippen LogP contribution in [0.5, 0.6) is 0 Å². The first-order valence-electron chi connectivity index (χ1n) is 4.68. The average molecular weight is 184 g/mol. The molecule has 76 valence electrons. The summed E-state index contributed by atoms with van der Waals surface area (Å²) in [6.07, 6.45) is 2.95. The van der Waals surface area contributed by atoms with Crippen molar-refractivity contribution in [3.8, 4) is 11.8 Å².